The molecule has 0 aliphatic carbocycles. The molecular formula is C15H13Cl2N3O2S3. The fraction of sp³-hybridized carbons (Fsp3) is 0.267. The molecule has 0 atom stereocenters. The van der Waals surface area contributed by atoms with Crippen molar-refractivity contribution < 1.29 is 8.42 Å². The fourth-order valence-corrected chi connectivity index (χ4v) is 7.06. The number of benzene rings is 1. The van der Waals surface area contributed by atoms with Crippen LogP contribution in [0.3, 0.4) is 0 Å². The number of hydrogen-bond acceptors (Lipinski definition) is 6. The third-order valence-corrected chi connectivity index (χ3v) is 8.90. The highest BCUT2D eigenvalue weighted by atomic mass is 35.5. The van der Waals surface area contributed by atoms with E-state index in [4.69, 9.17) is 23.2 Å². The molecule has 3 heterocycles. The van der Waals surface area contributed by atoms with Crippen LogP contribution in [-0.2, 0) is 10.0 Å². The second-order valence-electron chi connectivity index (χ2n) is 5.56. The summed E-state index contributed by atoms with van der Waals surface area (Å²) in [6.07, 6.45) is 0. The number of halogens is 2. The summed E-state index contributed by atoms with van der Waals surface area (Å²) in [6.45, 7) is 2.06. The maximum Gasteiger partial charge on any atom is 0.252 e. The van der Waals surface area contributed by atoms with Gasteiger partial charge in [-0.15, -0.1) is 11.3 Å². The Balaban J connectivity index is 1.50. The lowest BCUT2D eigenvalue weighted by Crippen LogP contribution is -2.48. The molecule has 2 aromatic heterocycles. The summed E-state index contributed by atoms with van der Waals surface area (Å²) in [6, 6.07) is 8.80. The van der Waals surface area contributed by atoms with Gasteiger partial charge in [0.25, 0.3) is 10.0 Å². The molecule has 132 valence electrons. The van der Waals surface area contributed by atoms with Crippen molar-refractivity contribution in [2.75, 3.05) is 31.1 Å². The first-order valence-corrected chi connectivity index (χ1v) is 11.3. The number of anilines is 1. The number of hydrogen-bond donors (Lipinski definition) is 0. The Morgan fingerprint density at radius 3 is 2.44 bits per heavy atom. The summed E-state index contributed by atoms with van der Waals surface area (Å²) in [7, 11) is -3.47. The Morgan fingerprint density at radius 2 is 1.76 bits per heavy atom. The second-order valence-corrected chi connectivity index (χ2v) is 10.9. The smallest absolute Gasteiger partial charge is 0.252 e. The molecule has 3 aromatic rings. The molecule has 1 fully saturated rings. The zero-order chi connectivity index (χ0) is 17.6. The minimum atomic E-state index is -3.47. The highest BCUT2D eigenvalue weighted by Gasteiger charge is 2.30. The molecule has 5 nitrogen and oxygen atoms in total. The number of nitrogens with zero attached hydrogens (tertiary/aromatic N) is 3. The number of rotatable bonds is 3. The standard InChI is InChI=1S/C15H13Cl2N3O2S3/c16-10-1-2-11-12(9-10)23-15(18-11)19-5-7-20(8-6-19)25(21,22)14-4-3-13(17)24-14/h1-4,9H,5-8H2. The predicted octanol–water partition coefficient (Wildman–Crippen LogP) is 4.18. The molecule has 1 aliphatic rings. The Kier molecular flexibility index (Phi) is 4.68. The van der Waals surface area contributed by atoms with E-state index in [0.717, 1.165) is 26.7 Å². The van der Waals surface area contributed by atoms with Crippen molar-refractivity contribution in [3.8, 4) is 0 Å². The van der Waals surface area contributed by atoms with E-state index in [1.54, 1.807) is 23.5 Å². The van der Waals surface area contributed by atoms with Crippen LogP contribution in [0.15, 0.2) is 34.5 Å². The summed E-state index contributed by atoms with van der Waals surface area (Å²) in [5.74, 6) is 0. The van der Waals surface area contributed by atoms with Crippen LogP contribution >= 0.6 is 45.9 Å². The first-order chi connectivity index (χ1) is 11.9. The summed E-state index contributed by atoms with van der Waals surface area (Å²) < 4.78 is 28.6. The van der Waals surface area contributed by atoms with Crippen LogP contribution in [0.2, 0.25) is 9.36 Å². The molecule has 0 amide bonds. The largest absolute Gasteiger partial charge is 0.345 e. The Hall–Kier alpha value is -0.900. The summed E-state index contributed by atoms with van der Waals surface area (Å²) in [4.78, 5) is 6.75. The molecule has 0 saturated carbocycles. The van der Waals surface area contributed by atoms with E-state index in [9.17, 15) is 8.42 Å². The molecule has 10 heteroatoms. The van der Waals surface area contributed by atoms with Gasteiger partial charge in [-0.3, -0.25) is 0 Å². The summed E-state index contributed by atoms with van der Waals surface area (Å²) in [5.41, 5.74) is 0.910. The van der Waals surface area contributed by atoms with Crippen molar-refractivity contribution in [2.45, 2.75) is 4.21 Å². The Morgan fingerprint density at radius 1 is 1.00 bits per heavy atom. The Labute approximate surface area is 163 Å². The van der Waals surface area contributed by atoms with Crippen molar-refractivity contribution in [3.63, 3.8) is 0 Å². The van der Waals surface area contributed by atoms with E-state index in [2.05, 4.69) is 9.88 Å². The van der Waals surface area contributed by atoms with Gasteiger partial charge in [0.1, 0.15) is 4.21 Å². The van der Waals surface area contributed by atoms with Gasteiger partial charge in [0.2, 0.25) is 0 Å². The maximum absolute atomic E-state index is 12.7. The monoisotopic (exact) mass is 433 g/mol. The molecule has 25 heavy (non-hydrogen) atoms. The minimum absolute atomic E-state index is 0.292. The number of thiazole rings is 1. The van der Waals surface area contributed by atoms with Gasteiger partial charge in [0.15, 0.2) is 5.13 Å². The van der Waals surface area contributed by atoms with Crippen LogP contribution in [0.4, 0.5) is 5.13 Å². The average Bonchev–Trinajstić information content (AvgIpc) is 3.21. The molecule has 1 aliphatic heterocycles. The lowest BCUT2D eigenvalue weighted by molar-refractivity contribution is 0.386. The first-order valence-electron chi connectivity index (χ1n) is 7.50. The number of fused-ring (bicyclic) bond motifs is 1. The van der Waals surface area contributed by atoms with Gasteiger partial charge in [0.05, 0.1) is 14.6 Å². The Bertz CT molecular complexity index is 1020. The van der Waals surface area contributed by atoms with Crippen LogP contribution in [0.1, 0.15) is 0 Å². The lowest BCUT2D eigenvalue weighted by atomic mass is 10.3. The van der Waals surface area contributed by atoms with Gasteiger partial charge in [-0.25, -0.2) is 13.4 Å². The van der Waals surface area contributed by atoms with Crippen molar-refractivity contribution in [1.29, 1.82) is 0 Å². The number of thiophene rings is 1. The average molecular weight is 434 g/mol. The molecule has 1 saturated heterocycles. The van der Waals surface area contributed by atoms with Gasteiger partial charge in [-0.1, -0.05) is 34.5 Å². The number of piperazine rings is 1. The molecule has 0 bridgehead atoms. The maximum atomic E-state index is 12.7. The van der Waals surface area contributed by atoms with Crippen LogP contribution < -0.4 is 4.90 Å². The van der Waals surface area contributed by atoms with Crippen LogP contribution in [0.25, 0.3) is 10.2 Å². The highest BCUT2D eigenvalue weighted by Crippen LogP contribution is 2.32. The third-order valence-electron chi connectivity index (χ3n) is 3.99. The van der Waals surface area contributed by atoms with Crippen molar-refractivity contribution in [2.24, 2.45) is 0 Å². The zero-order valence-corrected chi connectivity index (χ0v) is 16.8. The SMILES string of the molecule is O=S(=O)(c1ccc(Cl)s1)N1CCN(c2nc3ccc(Cl)cc3s2)CC1. The highest BCUT2D eigenvalue weighted by molar-refractivity contribution is 7.91. The molecular weight excluding hydrogens is 421 g/mol. The summed E-state index contributed by atoms with van der Waals surface area (Å²) >= 11 is 14.6. The van der Waals surface area contributed by atoms with Crippen LogP contribution in [0, 0.1) is 0 Å². The number of sulfonamides is 1. The van der Waals surface area contributed by atoms with E-state index in [1.165, 1.54) is 4.31 Å². The predicted molar refractivity (Wildman–Crippen MR) is 105 cm³/mol. The van der Waals surface area contributed by atoms with Crippen LogP contribution in [0.5, 0.6) is 0 Å². The van der Waals surface area contributed by atoms with Gasteiger partial charge in [-0.05, 0) is 30.3 Å². The van der Waals surface area contributed by atoms with E-state index >= 15 is 0 Å². The number of aromatic nitrogens is 1. The van der Waals surface area contributed by atoms with Crippen molar-refractivity contribution in [3.05, 3.63) is 39.7 Å². The second kappa shape index (κ2) is 6.68. The molecule has 0 spiro atoms. The first kappa shape index (κ1) is 17.5. The summed E-state index contributed by atoms with van der Waals surface area (Å²) in [5, 5.41) is 1.58. The lowest BCUT2D eigenvalue weighted by Gasteiger charge is -2.33. The topological polar surface area (TPSA) is 53.5 Å². The van der Waals surface area contributed by atoms with Crippen molar-refractivity contribution in [1.82, 2.24) is 9.29 Å². The molecule has 0 unspecified atom stereocenters. The van der Waals surface area contributed by atoms with Gasteiger partial charge in [0, 0.05) is 31.2 Å². The van der Waals surface area contributed by atoms with E-state index in [0.29, 0.717) is 39.7 Å². The van der Waals surface area contributed by atoms with E-state index in [-0.39, 0.29) is 0 Å². The zero-order valence-electron chi connectivity index (χ0n) is 12.9. The molecule has 0 radical (unpaired) electrons. The quantitative estimate of drug-likeness (QED) is 0.621. The van der Waals surface area contributed by atoms with E-state index in [1.807, 2.05) is 18.2 Å². The molecule has 0 N–H and O–H groups in total. The van der Waals surface area contributed by atoms with Crippen LogP contribution in [-0.4, -0.2) is 43.9 Å². The normalized spacial score (nSPS) is 16.6. The van der Waals surface area contributed by atoms with E-state index < -0.39 is 10.0 Å². The minimum Gasteiger partial charge on any atom is -0.345 e. The third kappa shape index (κ3) is 3.39. The van der Waals surface area contributed by atoms with Gasteiger partial charge in [-0.2, -0.15) is 4.31 Å². The van der Waals surface area contributed by atoms with Gasteiger partial charge < -0.3 is 4.90 Å². The fourth-order valence-electron chi connectivity index (χ4n) is 2.70. The van der Waals surface area contributed by atoms with Crippen molar-refractivity contribution >= 4 is 71.2 Å². The van der Waals surface area contributed by atoms with Gasteiger partial charge >= 0.3 is 0 Å². The molecule has 4 rings (SSSR count). The molecule has 1 aromatic carbocycles.